The molecule has 0 spiro atoms. The summed E-state index contributed by atoms with van der Waals surface area (Å²) < 4.78 is 0. The third-order valence-electron chi connectivity index (χ3n) is 4.42. The fraction of sp³-hybridized carbons (Fsp3) is 1.00. The Morgan fingerprint density at radius 2 is 1.69 bits per heavy atom. The fourth-order valence-electron chi connectivity index (χ4n) is 3.49. The van der Waals surface area contributed by atoms with E-state index in [0.29, 0.717) is 5.92 Å². The van der Waals surface area contributed by atoms with Gasteiger partial charge in [-0.25, -0.2) is 0 Å². The van der Waals surface area contributed by atoms with Crippen LogP contribution in [0.1, 0.15) is 25.7 Å². The average molecular weight is 186 g/mol. The Balaban J connectivity index is 2.29. The maximum absolute atomic E-state index is 9.42. The van der Waals surface area contributed by atoms with Crippen LogP contribution in [0.25, 0.3) is 0 Å². The van der Waals surface area contributed by atoms with Gasteiger partial charge in [-0.1, -0.05) is 0 Å². The van der Waals surface area contributed by atoms with E-state index in [1.54, 1.807) is 0 Å². The van der Waals surface area contributed by atoms with E-state index in [2.05, 4.69) is 0 Å². The molecule has 76 valence electrons. The summed E-state index contributed by atoms with van der Waals surface area (Å²) in [6.07, 6.45) is 4.00. The van der Waals surface area contributed by atoms with Crippen LogP contribution >= 0.6 is 0 Å². The average Bonchev–Trinajstić information content (AvgIpc) is 2.73. The van der Waals surface area contributed by atoms with Crippen molar-refractivity contribution in [1.82, 2.24) is 0 Å². The second-order valence-corrected chi connectivity index (χ2v) is 4.85. The van der Waals surface area contributed by atoms with Crippen LogP contribution in [0, 0.1) is 16.7 Å². The molecular formula is C10H18O3. The van der Waals surface area contributed by atoms with Crippen LogP contribution in [0.3, 0.4) is 0 Å². The van der Waals surface area contributed by atoms with Gasteiger partial charge in [-0.15, -0.1) is 0 Å². The van der Waals surface area contributed by atoms with E-state index >= 15 is 0 Å². The van der Waals surface area contributed by atoms with Crippen molar-refractivity contribution in [3.05, 3.63) is 0 Å². The predicted molar refractivity (Wildman–Crippen MR) is 48.1 cm³/mol. The summed E-state index contributed by atoms with van der Waals surface area (Å²) >= 11 is 0. The number of hydrogen-bond donors (Lipinski definition) is 3. The van der Waals surface area contributed by atoms with Crippen LogP contribution in [0.4, 0.5) is 0 Å². The Morgan fingerprint density at radius 1 is 1.00 bits per heavy atom. The van der Waals surface area contributed by atoms with Gasteiger partial charge in [0.1, 0.15) is 0 Å². The maximum atomic E-state index is 9.42. The molecule has 2 unspecified atom stereocenters. The highest BCUT2D eigenvalue weighted by Crippen LogP contribution is 2.63. The summed E-state index contributed by atoms with van der Waals surface area (Å²) in [6.45, 7) is 0.145. The van der Waals surface area contributed by atoms with Crippen LogP contribution < -0.4 is 0 Å². The molecule has 3 N–H and O–H groups in total. The summed E-state index contributed by atoms with van der Waals surface area (Å²) in [6, 6.07) is 0. The predicted octanol–water partition coefficient (Wildman–Crippen LogP) is 0.140. The third kappa shape index (κ3) is 1.01. The normalized spacial score (nSPS) is 41.3. The van der Waals surface area contributed by atoms with Crippen molar-refractivity contribution in [1.29, 1.82) is 0 Å². The minimum atomic E-state index is -0.398. The van der Waals surface area contributed by atoms with E-state index < -0.39 is 5.41 Å². The third-order valence-corrected chi connectivity index (χ3v) is 4.42. The molecule has 0 aromatic rings. The van der Waals surface area contributed by atoms with Crippen LogP contribution in [0.2, 0.25) is 0 Å². The monoisotopic (exact) mass is 186 g/mol. The van der Waals surface area contributed by atoms with Crippen LogP contribution in [-0.2, 0) is 0 Å². The lowest BCUT2D eigenvalue weighted by Crippen LogP contribution is -2.46. The summed E-state index contributed by atoms with van der Waals surface area (Å²) in [7, 11) is 0. The molecule has 2 aliphatic rings. The summed E-state index contributed by atoms with van der Waals surface area (Å²) in [5.74, 6) is 0.617. The molecule has 0 aromatic heterocycles. The minimum Gasteiger partial charge on any atom is -0.396 e. The number of aliphatic hydroxyl groups excluding tert-OH is 3. The molecular weight excluding hydrogens is 168 g/mol. The molecule has 2 atom stereocenters. The minimum absolute atomic E-state index is 0.0144. The molecule has 0 saturated heterocycles. The second-order valence-electron chi connectivity index (χ2n) is 4.85. The lowest BCUT2D eigenvalue weighted by molar-refractivity contribution is -0.0741. The Kier molecular flexibility index (Phi) is 2.13. The summed E-state index contributed by atoms with van der Waals surface area (Å²) in [4.78, 5) is 0. The highest BCUT2D eigenvalue weighted by Gasteiger charge is 2.60. The van der Waals surface area contributed by atoms with Gasteiger partial charge < -0.3 is 15.3 Å². The van der Waals surface area contributed by atoms with Crippen molar-refractivity contribution in [3.8, 4) is 0 Å². The van der Waals surface area contributed by atoms with Gasteiger partial charge in [-0.05, 0) is 31.6 Å². The largest absolute Gasteiger partial charge is 0.396 e. The zero-order valence-electron chi connectivity index (χ0n) is 7.87. The molecule has 0 radical (unpaired) electrons. The van der Waals surface area contributed by atoms with Gasteiger partial charge in [0.15, 0.2) is 0 Å². The van der Waals surface area contributed by atoms with Crippen LogP contribution in [0.5, 0.6) is 0 Å². The molecule has 0 amide bonds. The number of aliphatic hydroxyl groups is 3. The molecule has 13 heavy (non-hydrogen) atoms. The first-order chi connectivity index (χ1) is 6.22. The van der Waals surface area contributed by atoms with Gasteiger partial charge >= 0.3 is 0 Å². The Labute approximate surface area is 78.4 Å². The first kappa shape index (κ1) is 9.44. The Bertz CT molecular complexity index is 195. The van der Waals surface area contributed by atoms with E-state index in [1.165, 1.54) is 0 Å². The van der Waals surface area contributed by atoms with Gasteiger partial charge in [-0.3, -0.25) is 0 Å². The zero-order valence-corrected chi connectivity index (χ0v) is 7.87. The van der Waals surface area contributed by atoms with E-state index in [9.17, 15) is 15.3 Å². The molecule has 2 bridgehead atoms. The second kappa shape index (κ2) is 2.94. The molecule has 0 heterocycles. The highest BCUT2D eigenvalue weighted by atomic mass is 16.3. The van der Waals surface area contributed by atoms with Crippen LogP contribution in [0.15, 0.2) is 0 Å². The first-order valence-electron chi connectivity index (χ1n) is 5.04. The molecule has 3 nitrogen and oxygen atoms in total. The Morgan fingerprint density at radius 3 is 2.08 bits per heavy atom. The van der Waals surface area contributed by atoms with E-state index in [4.69, 9.17) is 0 Å². The van der Waals surface area contributed by atoms with E-state index in [1.807, 2.05) is 0 Å². The molecule has 2 rings (SSSR count). The maximum Gasteiger partial charge on any atom is 0.0515 e. The fourth-order valence-corrected chi connectivity index (χ4v) is 3.49. The topological polar surface area (TPSA) is 60.7 Å². The smallest absolute Gasteiger partial charge is 0.0515 e. The quantitative estimate of drug-likeness (QED) is 0.587. The van der Waals surface area contributed by atoms with Crippen molar-refractivity contribution >= 4 is 0 Å². The lowest BCUT2D eigenvalue weighted by atomic mass is 9.64. The summed E-state index contributed by atoms with van der Waals surface area (Å²) in [5.41, 5.74) is -0.578. The van der Waals surface area contributed by atoms with Gasteiger partial charge in [0.25, 0.3) is 0 Å². The van der Waals surface area contributed by atoms with Crippen molar-refractivity contribution in [2.75, 3.05) is 19.8 Å². The highest BCUT2D eigenvalue weighted by molar-refractivity contribution is 5.09. The van der Waals surface area contributed by atoms with Crippen molar-refractivity contribution in [2.45, 2.75) is 25.7 Å². The molecule has 2 aliphatic carbocycles. The van der Waals surface area contributed by atoms with Gasteiger partial charge in [0.05, 0.1) is 13.2 Å². The van der Waals surface area contributed by atoms with Gasteiger partial charge in [0.2, 0.25) is 0 Å². The number of hydrogen-bond acceptors (Lipinski definition) is 3. The summed E-state index contributed by atoms with van der Waals surface area (Å²) in [5, 5.41) is 28.1. The van der Waals surface area contributed by atoms with E-state index in [0.717, 1.165) is 25.7 Å². The SMILES string of the molecule is OCC1(CO)CC2CCC1(CO)C2. The molecule has 2 saturated carbocycles. The van der Waals surface area contributed by atoms with Crippen molar-refractivity contribution < 1.29 is 15.3 Å². The van der Waals surface area contributed by atoms with Crippen molar-refractivity contribution in [2.24, 2.45) is 16.7 Å². The lowest BCUT2D eigenvalue weighted by Gasteiger charge is -2.43. The number of rotatable bonds is 3. The number of fused-ring (bicyclic) bond motifs is 2. The molecule has 0 aliphatic heterocycles. The van der Waals surface area contributed by atoms with Gasteiger partial charge in [0, 0.05) is 17.4 Å². The molecule has 3 heteroatoms. The van der Waals surface area contributed by atoms with E-state index in [-0.39, 0.29) is 25.2 Å². The molecule has 0 aromatic carbocycles. The zero-order chi connectivity index (χ0) is 9.53. The van der Waals surface area contributed by atoms with Gasteiger partial charge in [-0.2, -0.15) is 0 Å². The van der Waals surface area contributed by atoms with Crippen molar-refractivity contribution in [3.63, 3.8) is 0 Å². The first-order valence-corrected chi connectivity index (χ1v) is 5.04. The standard InChI is InChI=1S/C10H18O3/c11-5-9-2-1-8(3-9)4-10(9,6-12)7-13/h8,11-13H,1-7H2. The molecule has 2 fully saturated rings. The van der Waals surface area contributed by atoms with Crippen LogP contribution in [-0.4, -0.2) is 35.1 Å². The Hall–Kier alpha value is -0.120.